The third kappa shape index (κ3) is 9.99. The van der Waals surface area contributed by atoms with Crippen LogP contribution in [0.4, 0.5) is 0 Å². The molecule has 4 atom stereocenters. The summed E-state index contributed by atoms with van der Waals surface area (Å²) < 4.78 is 19.0. The fourth-order valence-corrected chi connectivity index (χ4v) is 7.62. The van der Waals surface area contributed by atoms with E-state index in [2.05, 4.69) is 67.7 Å². The summed E-state index contributed by atoms with van der Waals surface area (Å²) in [7, 11) is -2.41. The van der Waals surface area contributed by atoms with Crippen LogP contribution in [0.3, 0.4) is 0 Å². The first kappa shape index (κ1) is 33.5. The molecule has 1 fully saturated rings. The average molecular weight is 543 g/mol. The van der Waals surface area contributed by atoms with E-state index in [1.54, 1.807) is 0 Å². The molecule has 0 amide bonds. The molecule has 36 heavy (non-hydrogen) atoms. The molecule has 5 nitrogen and oxygen atoms in total. The molecule has 0 heterocycles. The molecule has 1 rings (SSSR count). The van der Waals surface area contributed by atoms with Crippen LogP contribution in [0.15, 0.2) is 0 Å². The zero-order chi connectivity index (χ0) is 27.8. The summed E-state index contributed by atoms with van der Waals surface area (Å²) in [6, 6.07) is 0. The fourth-order valence-electron chi connectivity index (χ4n) is 4.85. The third-order valence-electron chi connectivity index (χ3n) is 9.23. The molecular formula is C29H58O5Si2. The predicted molar refractivity (Wildman–Crippen MR) is 155 cm³/mol. The van der Waals surface area contributed by atoms with Crippen molar-refractivity contribution in [2.24, 2.45) is 11.8 Å². The Morgan fingerprint density at radius 2 is 1.22 bits per heavy atom. The monoisotopic (exact) mass is 542 g/mol. The van der Waals surface area contributed by atoms with Crippen LogP contribution in [0.25, 0.3) is 0 Å². The van der Waals surface area contributed by atoms with Crippen molar-refractivity contribution >= 4 is 28.9 Å². The Kier molecular flexibility index (Phi) is 13.1. The quantitative estimate of drug-likeness (QED) is 0.0901. The summed E-state index contributed by atoms with van der Waals surface area (Å²) in [5.41, 5.74) is 0. The van der Waals surface area contributed by atoms with Gasteiger partial charge in [-0.15, -0.1) is 0 Å². The van der Waals surface area contributed by atoms with Crippen LogP contribution in [-0.4, -0.2) is 48.2 Å². The Bertz CT molecular complexity index is 678. The standard InChI is InChI=1S/C29H58O5Si2/c1-28(2,3)35(8,9)33-25-22-26(34-36(10,11)29(4,5)6)24(19-16-17-21-30)23(25)18-14-12-13-15-20-27(31)32-7/h21,23-26H,12-20,22H2,1-11H3/t23-,24-,25+,26?/m1/s1. The molecule has 1 aliphatic carbocycles. The van der Waals surface area contributed by atoms with Gasteiger partial charge in [0.15, 0.2) is 16.6 Å². The van der Waals surface area contributed by atoms with Gasteiger partial charge in [0.25, 0.3) is 0 Å². The second kappa shape index (κ2) is 14.0. The van der Waals surface area contributed by atoms with E-state index in [1.807, 2.05) is 0 Å². The maximum absolute atomic E-state index is 11.4. The molecule has 0 aromatic carbocycles. The highest BCUT2D eigenvalue weighted by atomic mass is 28.4. The largest absolute Gasteiger partial charge is 0.469 e. The van der Waals surface area contributed by atoms with Crippen molar-refractivity contribution in [1.82, 2.24) is 0 Å². The fraction of sp³-hybridized carbons (Fsp3) is 0.931. The Morgan fingerprint density at radius 3 is 1.64 bits per heavy atom. The van der Waals surface area contributed by atoms with E-state index < -0.39 is 16.6 Å². The molecule has 7 heteroatoms. The number of hydrogen-bond donors (Lipinski definition) is 0. The highest BCUT2D eigenvalue weighted by molar-refractivity contribution is 6.74. The molecule has 0 spiro atoms. The number of hydrogen-bond acceptors (Lipinski definition) is 5. The topological polar surface area (TPSA) is 61.8 Å². The lowest BCUT2D eigenvalue weighted by Gasteiger charge is -2.40. The Morgan fingerprint density at radius 1 is 0.778 bits per heavy atom. The van der Waals surface area contributed by atoms with Gasteiger partial charge >= 0.3 is 5.97 Å². The molecule has 0 radical (unpaired) electrons. The molecule has 0 aromatic heterocycles. The van der Waals surface area contributed by atoms with E-state index >= 15 is 0 Å². The highest BCUT2D eigenvalue weighted by Crippen LogP contribution is 2.49. The SMILES string of the molecule is COC(=O)CCCCCC[C@H]1[C@@H](O[Si](C)(C)C(C)(C)C)CC(O[Si](C)(C)C(C)(C)C)[C@@H]1CCCC=O. The van der Waals surface area contributed by atoms with E-state index in [0.29, 0.717) is 24.7 Å². The molecule has 0 bridgehead atoms. The van der Waals surface area contributed by atoms with Gasteiger partial charge in [0.05, 0.1) is 19.3 Å². The van der Waals surface area contributed by atoms with E-state index in [4.69, 9.17) is 13.6 Å². The van der Waals surface area contributed by atoms with Gasteiger partial charge in [-0.05, 0) is 80.2 Å². The Labute approximate surface area is 225 Å². The van der Waals surface area contributed by atoms with Gasteiger partial charge in [-0.1, -0.05) is 60.8 Å². The molecule has 1 saturated carbocycles. The van der Waals surface area contributed by atoms with Crippen molar-refractivity contribution in [3.8, 4) is 0 Å². The average Bonchev–Trinajstić information content (AvgIpc) is 3.03. The molecule has 0 aliphatic heterocycles. The number of esters is 1. The van der Waals surface area contributed by atoms with Gasteiger partial charge < -0.3 is 18.4 Å². The van der Waals surface area contributed by atoms with Crippen LogP contribution >= 0.6 is 0 Å². The molecule has 1 aliphatic rings. The van der Waals surface area contributed by atoms with Crippen LogP contribution in [0.5, 0.6) is 0 Å². The van der Waals surface area contributed by atoms with E-state index in [9.17, 15) is 9.59 Å². The first-order valence-electron chi connectivity index (χ1n) is 14.3. The number of carbonyl (C=O) groups is 2. The third-order valence-corrected chi connectivity index (χ3v) is 18.2. The predicted octanol–water partition coefficient (Wildman–Crippen LogP) is 8.29. The second-order valence-corrected chi connectivity index (χ2v) is 23.5. The van der Waals surface area contributed by atoms with Crippen LogP contribution in [-0.2, 0) is 23.2 Å². The smallest absolute Gasteiger partial charge is 0.305 e. The van der Waals surface area contributed by atoms with Crippen molar-refractivity contribution in [2.75, 3.05) is 7.11 Å². The number of carbonyl (C=O) groups excluding carboxylic acids is 2. The summed E-state index contributed by atoms with van der Waals surface area (Å²) in [5, 5.41) is 0.324. The van der Waals surface area contributed by atoms with Crippen molar-refractivity contribution in [3.05, 3.63) is 0 Å². The summed E-state index contributed by atoms with van der Waals surface area (Å²) in [6.45, 7) is 23.3. The van der Waals surface area contributed by atoms with Gasteiger partial charge in [0.2, 0.25) is 0 Å². The number of aldehydes is 1. The zero-order valence-corrected chi connectivity index (χ0v) is 27.5. The van der Waals surface area contributed by atoms with Gasteiger partial charge in [-0.2, -0.15) is 0 Å². The van der Waals surface area contributed by atoms with Crippen LogP contribution in [0, 0.1) is 11.8 Å². The lowest BCUT2D eigenvalue weighted by molar-refractivity contribution is -0.140. The maximum Gasteiger partial charge on any atom is 0.305 e. The Hall–Kier alpha value is -0.506. The normalized spacial score (nSPS) is 23.6. The summed E-state index contributed by atoms with van der Waals surface area (Å²) >= 11 is 0. The van der Waals surface area contributed by atoms with Gasteiger partial charge in [0.1, 0.15) is 6.29 Å². The number of rotatable bonds is 15. The van der Waals surface area contributed by atoms with Gasteiger partial charge in [-0.25, -0.2) is 0 Å². The van der Waals surface area contributed by atoms with Crippen LogP contribution < -0.4 is 0 Å². The summed E-state index contributed by atoms with van der Waals surface area (Å²) in [4.78, 5) is 22.6. The van der Waals surface area contributed by atoms with Crippen molar-refractivity contribution < 1.29 is 23.2 Å². The number of ether oxygens (including phenoxy) is 1. The van der Waals surface area contributed by atoms with Crippen LogP contribution in [0.1, 0.15) is 106 Å². The van der Waals surface area contributed by atoms with Crippen molar-refractivity contribution in [2.45, 2.75) is 154 Å². The summed E-state index contributed by atoms with van der Waals surface area (Å²) in [6.07, 6.45) is 10.9. The molecule has 212 valence electrons. The minimum atomic E-state index is -1.93. The first-order valence-corrected chi connectivity index (χ1v) is 20.1. The molecular weight excluding hydrogens is 484 g/mol. The second-order valence-electron chi connectivity index (χ2n) is 14.0. The lowest BCUT2D eigenvalue weighted by Crippen LogP contribution is -2.45. The lowest BCUT2D eigenvalue weighted by atomic mass is 9.85. The minimum Gasteiger partial charge on any atom is -0.469 e. The van der Waals surface area contributed by atoms with Gasteiger partial charge in [0, 0.05) is 12.8 Å². The molecule has 0 saturated heterocycles. The van der Waals surface area contributed by atoms with Crippen LogP contribution in [0.2, 0.25) is 36.3 Å². The maximum atomic E-state index is 11.4. The van der Waals surface area contributed by atoms with Crippen molar-refractivity contribution in [3.63, 3.8) is 0 Å². The van der Waals surface area contributed by atoms with Gasteiger partial charge in [-0.3, -0.25) is 4.79 Å². The number of unbranched alkanes of at least 4 members (excludes halogenated alkanes) is 4. The molecule has 1 unspecified atom stereocenters. The summed E-state index contributed by atoms with van der Waals surface area (Å²) in [5.74, 6) is 0.777. The molecule has 0 aromatic rings. The van der Waals surface area contributed by atoms with Crippen molar-refractivity contribution in [1.29, 1.82) is 0 Å². The van der Waals surface area contributed by atoms with E-state index in [-0.39, 0.29) is 28.3 Å². The highest BCUT2D eigenvalue weighted by Gasteiger charge is 2.50. The first-order chi connectivity index (χ1) is 16.5. The van der Waals surface area contributed by atoms with E-state index in [1.165, 1.54) is 7.11 Å². The molecule has 0 N–H and O–H groups in total. The minimum absolute atomic E-state index is 0.116. The zero-order valence-electron chi connectivity index (χ0n) is 25.5. The van der Waals surface area contributed by atoms with E-state index in [0.717, 1.165) is 57.7 Å². The Balaban J connectivity index is 3.09. The number of methoxy groups -OCH3 is 1.